The Bertz CT molecular complexity index is 1300. The number of benzene rings is 2. The second-order valence-electron chi connectivity index (χ2n) is 7.21. The number of anilines is 1. The zero-order valence-corrected chi connectivity index (χ0v) is 17.6. The predicted molar refractivity (Wildman–Crippen MR) is 118 cm³/mol. The lowest BCUT2D eigenvalue weighted by molar-refractivity contribution is -0.115. The Morgan fingerprint density at radius 1 is 1.12 bits per heavy atom. The van der Waals surface area contributed by atoms with Crippen LogP contribution in [0.4, 0.5) is 10.2 Å². The molecule has 1 amide bonds. The van der Waals surface area contributed by atoms with Crippen LogP contribution in [0.3, 0.4) is 0 Å². The quantitative estimate of drug-likeness (QED) is 0.461. The van der Waals surface area contributed by atoms with Crippen molar-refractivity contribution in [2.75, 3.05) is 11.9 Å². The number of fused-ring (bicyclic) bond motifs is 1. The number of amides is 1. The van der Waals surface area contributed by atoms with Crippen LogP contribution < -0.4 is 5.32 Å². The van der Waals surface area contributed by atoms with Gasteiger partial charge >= 0.3 is 5.97 Å². The molecular formula is C24H21FN4O3. The zero-order valence-electron chi connectivity index (χ0n) is 17.6. The number of pyridine rings is 1. The van der Waals surface area contributed by atoms with E-state index in [1.165, 1.54) is 35.1 Å². The van der Waals surface area contributed by atoms with Crippen molar-refractivity contribution in [3.8, 4) is 5.82 Å². The van der Waals surface area contributed by atoms with Crippen LogP contribution in [0.15, 0.2) is 60.8 Å². The molecule has 162 valence electrons. The molecule has 0 saturated heterocycles. The number of carbonyl (C=O) groups is 2. The number of halogens is 1. The van der Waals surface area contributed by atoms with Crippen LogP contribution in [0.1, 0.15) is 28.4 Å². The summed E-state index contributed by atoms with van der Waals surface area (Å²) in [6, 6.07) is 15.2. The average Bonchev–Trinajstić information content (AvgIpc) is 3.19. The summed E-state index contributed by atoms with van der Waals surface area (Å²) < 4.78 is 19.7. The number of esters is 1. The number of hydrogen-bond acceptors (Lipinski definition) is 5. The molecule has 7 nitrogen and oxygen atoms in total. The standard InChI is InChI=1S/C24H21FN4O3/c1-3-32-24(31)19-14-26-29(21-12-15(2)18-6-4-5-7-20(18)27-21)23(19)28-22(30)13-16-8-10-17(25)11-9-16/h4-12,14H,3,13H2,1-2H3,(H,28,30). The lowest BCUT2D eigenvalue weighted by atomic mass is 10.1. The maximum absolute atomic E-state index is 13.2. The fraction of sp³-hybridized carbons (Fsp3) is 0.167. The summed E-state index contributed by atoms with van der Waals surface area (Å²) in [6.45, 7) is 3.83. The van der Waals surface area contributed by atoms with Crippen molar-refractivity contribution in [1.82, 2.24) is 14.8 Å². The summed E-state index contributed by atoms with van der Waals surface area (Å²) in [5, 5.41) is 8.05. The van der Waals surface area contributed by atoms with Gasteiger partial charge in [-0.25, -0.2) is 14.2 Å². The second kappa shape index (κ2) is 8.97. The van der Waals surface area contributed by atoms with Gasteiger partial charge in [0.1, 0.15) is 11.4 Å². The molecule has 0 radical (unpaired) electrons. The first-order chi connectivity index (χ1) is 15.5. The van der Waals surface area contributed by atoms with Crippen LogP contribution in [-0.4, -0.2) is 33.2 Å². The molecule has 0 unspecified atom stereocenters. The number of nitrogens with one attached hydrogen (secondary N) is 1. The molecule has 0 atom stereocenters. The van der Waals surface area contributed by atoms with Gasteiger partial charge < -0.3 is 10.1 Å². The number of carbonyl (C=O) groups excluding carboxylic acids is 2. The highest BCUT2D eigenvalue weighted by atomic mass is 19.1. The molecule has 32 heavy (non-hydrogen) atoms. The summed E-state index contributed by atoms with van der Waals surface area (Å²) in [7, 11) is 0. The molecule has 0 aliphatic heterocycles. The summed E-state index contributed by atoms with van der Waals surface area (Å²) in [5.41, 5.74) is 2.49. The van der Waals surface area contributed by atoms with Gasteiger partial charge in [0.2, 0.25) is 5.91 Å². The van der Waals surface area contributed by atoms with Gasteiger partial charge in [-0.2, -0.15) is 9.78 Å². The molecule has 4 rings (SSSR count). The van der Waals surface area contributed by atoms with E-state index in [2.05, 4.69) is 15.4 Å². The number of rotatable bonds is 6. The smallest absolute Gasteiger partial charge is 0.343 e. The highest BCUT2D eigenvalue weighted by molar-refractivity contribution is 6.01. The van der Waals surface area contributed by atoms with E-state index < -0.39 is 5.97 Å². The van der Waals surface area contributed by atoms with Crippen molar-refractivity contribution in [1.29, 1.82) is 0 Å². The number of aromatic nitrogens is 3. The van der Waals surface area contributed by atoms with Crippen molar-refractivity contribution < 1.29 is 18.7 Å². The van der Waals surface area contributed by atoms with Crippen LogP contribution in [0.5, 0.6) is 0 Å². The highest BCUT2D eigenvalue weighted by Gasteiger charge is 2.22. The molecule has 2 aromatic carbocycles. The Labute approximate surface area is 183 Å². The van der Waals surface area contributed by atoms with Crippen LogP contribution in [0.2, 0.25) is 0 Å². The number of para-hydroxylation sites is 1. The van der Waals surface area contributed by atoms with E-state index in [1.54, 1.807) is 6.92 Å². The maximum atomic E-state index is 13.2. The fourth-order valence-electron chi connectivity index (χ4n) is 3.40. The van der Waals surface area contributed by atoms with Gasteiger partial charge in [-0.05, 0) is 49.2 Å². The first-order valence-corrected chi connectivity index (χ1v) is 10.1. The third kappa shape index (κ3) is 4.34. The molecule has 0 fully saturated rings. The van der Waals surface area contributed by atoms with Crippen LogP contribution in [-0.2, 0) is 16.0 Å². The minimum atomic E-state index is -0.603. The summed E-state index contributed by atoms with van der Waals surface area (Å²) in [5.74, 6) is -0.754. The van der Waals surface area contributed by atoms with E-state index in [0.29, 0.717) is 11.4 Å². The van der Waals surface area contributed by atoms with Crippen molar-refractivity contribution in [3.63, 3.8) is 0 Å². The Morgan fingerprint density at radius 3 is 2.62 bits per heavy atom. The number of hydrogen-bond donors (Lipinski definition) is 1. The van der Waals surface area contributed by atoms with Crippen LogP contribution in [0, 0.1) is 12.7 Å². The van der Waals surface area contributed by atoms with Crippen molar-refractivity contribution >= 4 is 28.6 Å². The minimum absolute atomic E-state index is 0.00208. The first-order valence-electron chi connectivity index (χ1n) is 10.1. The van der Waals surface area contributed by atoms with Gasteiger partial charge in [0.05, 0.1) is 24.7 Å². The predicted octanol–water partition coefficient (Wildman–Crippen LogP) is 4.23. The Balaban J connectivity index is 1.72. The molecule has 4 aromatic rings. The van der Waals surface area contributed by atoms with Gasteiger partial charge in [0.15, 0.2) is 11.6 Å². The summed E-state index contributed by atoms with van der Waals surface area (Å²) >= 11 is 0. The van der Waals surface area contributed by atoms with E-state index in [-0.39, 0.29) is 36.1 Å². The number of ether oxygens (including phenoxy) is 1. The van der Waals surface area contributed by atoms with Gasteiger partial charge in [0, 0.05) is 5.39 Å². The summed E-state index contributed by atoms with van der Waals surface area (Å²) in [6.07, 6.45) is 1.34. The zero-order chi connectivity index (χ0) is 22.7. The van der Waals surface area contributed by atoms with E-state index >= 15 is 0 Å². The molecule has 8 heteroatoms. The molecule has 0 saturated carbocycles. The summed E-state index contributed by atoms with van der Waals surface area (Å²) in [4.78, 5) is 29.9. The molecule has 0 aliphatic rings. The van der Waals surface area contributed by atoms with Gasteiger partial charge in [-0.1, -0.05) is 30.3 Å². The van der Waals surface area contributed by atoms with Gasteiger partial charge in [-0.3, -0.25) is 4.79 Å². The lowest BCUT2D eigenvalue weighted by Gasteiger charge is -2.12. The van der Waals surface area contributed by atoms with Gasteiger partial charge in [0.25, 0.3) is 0 Å². The molecule has 0 spiro atoms. The van der Waals surface area contributed by atoms with Crippen molar-refractivity contribution in [2.45, 2.75) is 20.3 Å². The minimum Gasteiger partial charge on any atom is -0.462 e. The van der Waals surface area contributed by atoms with Crippen LogP contribution >= 0.6 is 0 Å². The van der Waals surface area contributed by atoms with Crippen molar-refractivity contribution in [3.05, 3.63) is 83.3 Å². The Hall–Kier alpha value is -4.07. The molecule has 2 aromatic heterocycles. The normalized spacial score (nSPS) is 10.8. The average molecular weight is 432 g/mol. The monoisotopic (exact) mass is 432 g/mol. The molecule has 1 N–H and O–H groups in total. The number of aryl methyl sites for hydroxylation is 1. The SMILES string of the molecule is CCOC(=O)c1cnn(-c2cc(C)c3ccccc3n2)c1NC(=O)Cc1ccc(F)cc1. The molecule has 2 heterocycles. The van der Waals surface area contributed by atoms with E-state index in [9.17, 15) is 14.0 Å². The second-order valence-corrected chi connectivity index (χ2v) is 7.21. The highest BCUT2D eigenvalue weighted by Crippen LogP contribution is 2.24. The van der Waals surface area contributed by atoms with E-state index in [4.69, 9.17) is 4.74 Å². The third-order valence-electron chi connectivity index (χ3n) is 4.93. The number of nitrogens with zero attached hydrogens (tertiary/aromatic N) is 3. The molecular weight excluding hydrogens is 411 g/mol. The van der Waals surface area contributed by atoms with Crippen LogP contribution in [0.25, 0.3) is 16.7 Å². The maximum Gasteiger partial charge on any atom is 0.343 e. The van der Waals surface area contributed by atoms with Crippen molar-refractivity contribution in [2.24, 2.45) is 0 Å². The Morgan fingerprint density at radius 2 is 1.88 bits per heavy atom. The Kier molecular flexibility index (Phi) is 5.93. The fourth-order valence-corrected chi connectivity index (χ4v) is 3.40. The molecule has 0 aliphatic carbocycles. The third-order valence-corrected chi connectivity index (χ3v) is 4.93. The topological polar surface area (TPSA) is 86.1 Å². The lowest BCUT2D eigenvalue weighted by Crippen LogP contribution is -2.20. The molecule has 0 bridgehead atoms. The largest absolute Gasteiger partial charge is 0.462 e. The van der Waals surface area contributed by atoms with Gasteiger partial charge in [-0.15, -0.1) is 0 Å². The van der Waals surface area contributed by atoms with E-state index in [0.717, 1.165) is 16.5 Å². The first kappa shape index (κ1) is 21.2. The van der Waals surface area contributed by atoms with E-state index in [1.807, 2.05) is 37.3 Å².